The second-order valence-electron chi connectivity index (χ2n) is 4.58. The summed E-state index contributed by atoms with van der Waals surface area (Å²) in [5, 5.41) is 0. The Labute approximate surface area is 93.5 Å². The molecule has 15 heavy (non-hydrogen) atoms. The van der Waals surface area contributed by atoms with Crippen LogP contribution >= 0.6 is 0 Å². The van der Waals surface area contributed by atoms with E-state index in [0.29, 0.717) is 0 Å². The van der Waals surface area contributed by atoms with Crippen LogP contribution in [-0.4, -0.2) is 50.5 Å². The van der Waals surface area contributed by atoms with E-state index in [2.05, 4.69) is 26.9 Å². The minimum atomic E-state index is 0.741. The molecule has 1 rings (SSSR count). The van der Waals surface area contributed by atoms with E-state index in [0.717, 1.165) is 18.4 Å². The lowest BCUT2D eigenvalue weighted by atomic mass is 9.95. The van der Waals surface area contributed by atoms with Gasteiger partial charge in [0.2, 0.25) is 0 Å². The Morgan fingerprint density at radius 2 is 1.87 bits per heavy atom. The molecule has 0 saturated carbocycles. The zero-order valence-corrected chi connectivity index (χ0v) is 10.4. The highest BCUT2D eigenvalue weighted by molar-refractivity contribution is 5.79. The zero-order valence-electron chi connectivity index (χ0n) is 10.4. The Balaban J connectivity index is 2.49. The molecule has 0 spiro atoms. The molecule has 0 amide bonds. The molecule has 1 aliphatic carbocycles. The molecule has 0 aromatic rings. The fraction of sp³-hybridized carbons (Fsp3) is 0.750. The van der Waals surface area contributed by atoms with Gasteiger partial charge in [-0.1, -0.05) is 12.2 Å². The van der Waals surface area contributed by atoms with Crippen molar-refractivity contribution in [1.82, 2.24) is 9.80 Å². The summed E-state index contributed by atoms with van der Waals surface area (Å²) < 4.78 is 0. The SMILES string of the molecule is CN(C)C(=NCC1CC=CCC1)N(C)C. The number of aliphatic imine (C=N–C) groups is 1. The molecule has 0 saturated heterocycles. The third-order valence-corrected chi connectivity index (χ3v) is 2.67. The highest BCUT2D eigenvalue weighted by Gasteiger charge is 2.10. The number of nitrogens with zero attached hydrogens (tertiary/aromatic N) is 3. The van der Waals surface area contributed by atoms with Crippen LogP contribution in [0.5, 0.6) is 0 Å². The first kappa shape index (κ1) is 12.1. The largest absolute Gasteiger partial charge is 0.349 e. The summed E-state index contributed by atoms with van der Waals surface area (Å²) in [5.41, 5.74) is 0. The molecule has 0 aliphatic heterocycles. The highest BCUT2D eigenvalue weighted by atomic mass is 15.3. The summed E-state index contributed by atoms with van der Waals surface area (Å²) in [5.74, 6) is 1.80. The molecule has 1 aliphatic rings. The first-order chi connectivity index (χ1) is 7.11. The van der Waals surface area contributed by atoms with Gasteiger partial charge in [0, 0.05) is 34.7 Å². The zero-order chi connectivity index (χ0) is 11.3. The number of hydrogen-bond acceptors (Lipinski definition) is 1. The average Bonchev–Trinajstić information content (AvgIpc) is 2.18. The molecule has 86 valence electrons. The lowest BCUT2D eigenvalue weighted by Crippen LogP contribution is -2.35. The molecule has 1 atom stereocenters. The summed E-state index contributed by atoms with van der Waals surface area (Å²) in [4.78, 5) is 8.82. The van der Waals surface area contributed by atoms with Crippen molar-refractivity contribution >= 4 is 5.96 Å². The first-order valence-corrected chi connectivity index (χ1v) is 5.65. The van der Waals surface area contributed by atoms with Gasteiger partial charge < -0.3 is 9.80 Å². The molecular weight excluding hydrogens is 186 g/mol. The maximum atomic E-state index is 4.68. The summed E-state index contributed by atoms with van der Waals surface area (Å²) in [6.45, 7) is 0.954. The summed E-state index contributed by atoms with van der Waals surface area (Å²) in [7, 11) is 8.17. The van der Waals surface area contributed by atoms with Gasteiger partial charge in [0.25, 0.3) is 0 Å². The number of guanidine groups is 1. The van der Waals surface area contributed by atoms with Crippen LogP contribution in [0.2, 0.25) is 0 Å². The van der Waals surface area contributed by atoms with Gasteiger partial charge in [-0.05, 0) is 25.2 Å². The van der Waals surface area contributed by atoms with Crippen molar-refractivity contribution in [3.05, 3.63) is 12.2 Å². The molecule has 3 heteroatoms. The number of hydrogen-bond donors (Lipinski definition) is 0. The van der Waals surface area contributed by atoms with Crippen LogP contribution in [0.1, 0.15) is 19.3 Å². The predicted molar refractivity (Wildman–Crippen MR) is 66.2 cm³/mol. The van der Waals surface area contributed by atoms with E-state index >= 15 is 0 Å². The van der Waals surface area contributed by atoms with Crippen molar-refractivity contribution < 1.29 is 0 Å². The molecule has 1 unspecified atom stereocenters. The lowest BCUT2D eigenvalue weighted by Gasteiger charge is -2.24. The fourth-order valence-electron chi connectivity index (χ4n) is 1.92. The molecule has 0 N–H and O–H groups in total. The van der Waals surface area contributed by atoms with Crippen LogP contribution in [0.15, 0.2) is 17.1 Å². The third-order valence-electron chi connectivity index (χ3n) is 2.67. The van der Waals surface area contributed by atoms with E-state index in [1.165, 1.54) is 19.3 Å². The average molecular weight is 209 g/mol. The smallest absolute Gasteiger partial charge is 0.195 e. The van der Waals surface area contributed by atoms with Crippen LogP contribution < -0.4 is 0 Å². The fourth-order valence-corrected chi connectivity index (χ4v) is 1.92. The number of rotatable bonds is 2. The van der Waals surface area contributed by atoms with Crippen LogP contribution in [0.3, 0.4) is 0 Å². The topological polar surface area (TPSA) is 18.8 Å². The Bertz CT molecular complexity index is 231. The van der Waals surface area contributed by atoms with Crippen LogP contribution in [0.4, 0.5) is 0 Å². The molecular formula is C12H23N3. The van der Waals surface area contributed by atoms with Crippen molar-refractivity contribution in [2.45, 2.75) is 19.3 Å². The second-order valence-corrected chi connectivity index (χ2v) is 4.58. The monoisotopic (exact) mass is 209 g/mol. The molecule has 0 aromatic carbocycles. The molecule has 0 heterocycles. The van der Waals surface area contributed by atoms with Crippen molar-refractivity contribution in [1.29, 1.82) is 0 Å². The van der Waals surface area contributed by atoms with E-state index in [-0.39, 0.29) is 0 Å². The lowest BCUT2D eigenvalue weighted by molar-refractivity contribution is 0.454. The van der Waals surface area contributed by atoms with E-state index in [4.69, 9.17) is 0 Å². The molecule has 0 aromatic heterocycles. The minimum absolute atomic E-state index is 0.741. The Morgan fingerprint density at radius 1 is 1.20 bits per heavy atom. The number of allylic oxidation sites excluding steroid dienone is 2. The van der Waals surface area contributed by atoms with Crippen molar-refractivity contribution in [3.63, 3.8) is 0 Å². The third kappa shape index (κ3) is 3.94. The van der Waals surface area contributed by atoms with Gasteiger partial charge in [-0.25, -0.2) is 0 Å². The van der Waals surface area contributed by atoms with Gasteiger partial charge in [0.15, 0.2) is 5.96 Å². The standard InChI is InChI=1S/C12H23N3/c1-14(2)12(15(3)4)13-10-11-8-6-5-7-9-11/h5-6,11H,7-10H2,1-4H3. The molecule has 0 bridgehead atoms. The van der Waals surface area contributed by atoms with Gasteiger partial charge in [-0.3, -0.25) is 4.99 Å². The maximum Gasteiger partial charge on any atom is 0.195 e. The van der Waals surface area contributed by atoms with E-state index in [1.54, 1.807) is 0 Å². The maximum absolute atomic E-state index is 4.68. The second kappa shape index (κ2) is 5.79. The minimum Gasteiger partial charge on any atom is -0.349 e. The van der Waals surface area contributed by atoms with E-state index in [9.17, 15) is 0 Å². The first-order valence-electron chi connectivity index (χ1n) is 5.65. The Morgan fingerprint density at radius 3 is 2.33 bits per heavy atom. The van der Waals surface area contributed by atoms with Crippen molar-refractivity contribution in [2.75, 3.05) is 34.7 Å². The normalized spacial score (nSPS) is 19.9. The van der Waals surface area contributed by atoms with Gasteiger partial charge in [0.05, 0.1) is 0 Å². The van der Waals surface area contributed by atoms with Gasteiger partial charge in [0.1, 0.15) is 0 Å². The van der Waals surface area contributed by atoms with Crippen molar-refractivity contribution in [2.24, 2.45) is 10.9 Å². The van der Waals surface area contributed by atoms with Crippen LogP contribution in [-0.2, 0) is 0 Å². The Kier molecular flexibility index (Phi) is 4.66. The molecule has 0 fully saturated rings. The summed E-state index contributed by atoms with van der Waals surface area (Å²) >= 11 is 0. The highest BCUT2D eigenvalue weighted by Crippen LogP contribution is 2.18. The van der Waals surface area contributed by atoms with E-state index in [1.807, 2.05) is 28.2 Å². The quantitative estimate of drug-likeness (QED) is 0.392. The van der Waals surface area contributed by atoms with Crippen molar-refractivity contribution in [3.8, 4) is 0 Å². The van der Waals surface area contributed by atoms with Gasteiger partial charge in [-0.15, -0.1) is 0 Å². The van der Waals surface area contributed by atoms with Crippen LogP contribution in [0.25, 0.3) is 0 Å². The predicted octanol–water partition coefficient (Wildman–Crippen LogP) is 1.82. The van der Waals surface area contributed by atoms with Gasteiger partial charge >= 0.3 is 0 Å². The van der Waals surface area contributed by atoms with Crippen LogP contribution in [0, 0.1) is 5.92 Å². The van der Waals surface area contributed by atoms with Gasteiger partial charge in [-0.2, -0.15) is 0 Å². The summed E-state index contributed by atoms with van der Waals surface area (Å²) in [6, 6.07) is 0. The Hall–Kier alpha value is -0.990. The van der Waals surface area contributed by atoms with E-state index < -0.39 is 0 Å². The summed E-state index contributed by atoms with van der Waals surface area (Å²) in [6.07, 6.45) is 8.26. The molecule has 0 radical (unpaired) electrons. The molecule has 3 nitrogen and oxygen atoms in total.